The van der Waals surface area contributed by atoms with Gasteiger partial charge >= 0.3 is 0 Å². The van der Waals surface area contributed by atoms with Crippen molar-refractivity contribution in [3.8, 4) is 6.07 Å². The number of rotatable bonds is 5. The summed E-state index contributed by atoms with van der Waals surface area (Å²) in [4.78, 5) is 12.0. The van der Waals surface area contributed by atoms with E-state index >= 15 is 0 Å². The monoisotopic (exact) mass is 314 g/mol. The highest BCUT2D eigenvalue weighted by atomic mass is 35.5. The molecule has 112 valence electrons. The molecule has 0 atom stereocenters. The maximum absolute atomic E-state index is 12.0. The lowest BCUT2D eigenvalue weighted by atomic mass is 10.2. The van der Waals surface area contributed by atoms with Crippen molar-refractivity contribution in [2.24, 2.45) is 0 Å². The first-order valence-corrected chi connectivity index (χ1v) is 7.12. The SMILES string of the molecule is Cc1cc(NC(=O)/C=C/c2cccc(Cl)c2)n(CCC#N)n1. The van der Waals surface area contributed by atoms with Gasteiger partial charge in [-0.05, 0) is 30.7 Å². The lowest BCUT2D eigenvalue weighted by Gasteiger charge is -2.05. The minimum absolute atomic E-state index is 0.266. The van der Waals surface area contributed by atoms with Gasteiger partial charge in [0.05, 0.1) is 24.7 Å². The Bertz CT molecular complexity index is 743. The lowest BCUT2D eigenvalue weighted by Crippen LogP contribution is -2.13. The molecule has 0 fully saturated rings. The molecule has 0 radical (unpaired) electrons. The summed E-state index contributed by atoms with van der Waals surface area (Å²) in [6.07, 6.45) is 3.45. The van der Waals surface area contributed by atoms with Crippen LogP contribution in [0.2, 0.25) is 5.02 Å². The van der Waals surface area contributed by atoms with Gasteiger partial charge in [-0.1, -0.05) is 23.7 Å². The first-order valence-electron chi connectivity index (χ1n) is 6.74. The van der Waals surface area contributed by atoms with Gasteiger partial charge in [-0.2, -0.15) is 10.4 Å². The van der Waals surface area contributed by atoms with Crippen molar-refractivity contribution in [2.45, 2.75) is 19.9 Å². The van der Waals surface area contributed by atoms with E-state index < -0.39 is 0 Å². The molecular formula is C16H15ClN4O. The Morgan fingerprint density at radius 1 is 1.50 bits per heavy atom. The second-order valence-corrected chi connectivity index (χ2v) is 5.12. The van der Waals surface area contributed by atoms with E-state index in [0.717, 1.165) is 11.3 Å². The predicted molar refractivity (Wildman–Crippen MR) is 86.3 cm³/mol. The van der Waals surface area contributed by atoms with E-state index in [1.54, 1.807) is 29.0 Å². The number of halogens is 1. The van der Waals surface area contributed by atoms with Gasteiger partial charge in [0.2, 0.25) is 5.91 Å². The molecule has 5 nitrogen and oxygen atoms in total. The number of aryl methyl sites for hydroxylation is 2. The highest BCUT2D eigenvalue weighted by Crippen LogP contribution is 2.13. The third-order valence-electron chi connectivity index (χ3n) is 2.86. The van der Waals surface area contributed by atoms with Crippen LogP contribution in [0.5, 0.6) is 0 Å². The zero-order valence-electron chi connectivity index (χ0n) is 12.1. The van der Waals surface area contributed by atoms with Gasteiger partial charge in [0.15, 0.2) is 0 Å². The molecule has 0 aliphatic carbocycles. The second kappa shape index (κ2) is 7.43. The third kappa shape index (κ3) is 4.47. The number of nitriles is 1. The van der Waals surface area contributed by atoms with Gasteiger partial charge in [-0.25, -0.2) is 4.68 Å². The number of aromatic nitrogens is 2. The average molecular weight is 315 g/mol. The molecule has 0 bridgehead atoms. The van der Waals surface area contributed by atoms with Gasteiger partial charge in [0, 0.05) is 17.2 Å². The van der Waals surface area contributed by atoms with Gasteiger partial charge in [-0.3, -0.25) is 4.79 Å². The van der Waals surface area contributed by atoms with Crippen LogP contribution in [-0.2, 0) is 11.3 Å². The van der Waals surface area contributed by atoms with Crippen LogP contribution in [0.15, 0.2) is 36.4 Å². The topological polar surface area (TPSA) is 70.7 Å². The Kier molecular flexibility index (Phi) is 5.34. The summed E-state index contributed by atoms with van der Waals surface area (Å²) in [7, 11) is 0. The van der Waals surface area contributed by atoms with Gasteiger partial charge < -0.3 is 5.32 Å². The average Bonchev–Trinajstić information content (AvgIpc) is 2.83. The molecule has 0 saturated carbocycles. The van der Waals surface area contributed by atoms with E-state index in [9.17, 15) is 4.79 Å². The van der Waals surface area contributed by atoms with Crippen LogP contribution in [0.4, 0.5) is 5.82 Å². The molecule has 0 unspecified atom stereocenters. The van der Waals surface area contributed by atoms with Gasteiger partial charge in [-0.15, -0.1) is 0 Å². The van der Waals surface area contributed by atoms with E-state index in [1.165, 1.54) is 6.08 Å². The highest BCUT2D eigenvalue weighted by molar-refractivity contribution is 6.30. The number of hydrogen-bond acceptors (Lipinski definition) is 3. The second-order valence-electron chi connectivity index (χ2n) is 4.68. The van der Waals surface area contributed by atoms with Crippen molar-refractivity contribution < 1.29 is 4.79 Å². The summed E-state index contributed by atoms with van der Waals surface area (Å²) in [5, 5.41) is 16.3. The third-order valence-corrected chi connectivity index (χ3v) is 3.10. The fourth-order valence-electron chi connectivity index (χ4n) is 1.92. The summed E-state index contributed by atoms with van der Waals surface area (Å²) in [5.41, 5.74) is 1.63. The largest absolute Gasteiger partial charge is 0.307 e. The van der Waals surface area contributed by atoms with E-state index in [1.807, 2.05) is 19.1 Å². The smallest absolute Gasteiger partial charge is 0.249 e. The molecule has 0 spiro atoms. The van der Waals surface area contributed by atoms with E-state index in [0.29, 0.717) is 23.8 Å². The molecule has 6 heteroatoms. The van der Waals surface area contributed by atoms with Crippen molar-refractivity contribution in [3.05, 3.63) is 52.7 Å². The van der Waals surface area contributed by atoms with Crippen molar-refractivity contribution >= 4 is 29.4 Å². The Labute approximate surface area is 133 Å². The number of benzene rings is 1. The van der Waals surface area contributed by atoms with E-state index in [-0.39, 0.29) is 5.91 Å². The van der Waals surface area contributed by atoms with Crippen LogP contribution in [-0.4, -0.2) is 15.7 Å². The summed E-state index contributed by atoms with van der Waals surface area (Å²) in [6, 6.07) is 11.0. The molecule has 2 rings (SSSR count). The van der Waals surface area contributed by atoms with E-state index in [4.69, 9.17) is 16.9 Å². The van der Waals surface area contributed by atoms with Crippen LogP contribution in [0.25, 0.3) is 6.08 Å². The number of hydrogen-bond donors (Lipinski definition) is 1. The van der Waals surface area contributed by atoms with Crippen LogP contribution in [0.1, 0.15) is 17.7 Å². The lowest BCUT2D eigenvalue weighted by molar-refractivity contribution is -0.111. The van der Waals surface area contributed by atoms with Crippen LogP contribution < -0.4 is 5.32 Å². The Hall–Kier alpha value is -2.58. The normalized spacial score (nSPS) is 10.6. The zero-order chi connectivity index (χ0) is 15.9. The Morgan fingerprint density at radius 3 is 3.05 bits per heavy atom. The number of carbonyl (C=O) groups is 1. The molecule has 1 aromatic heterocycles. The molecule has 1 N–H and O–H groups in total. The van der Waals surface area contributed by atoms with Crippen LogP contribution in [0.3, 0.4) is 0 Å². The van der Waals surface area contributed by atoms with Crippen molar-refractivity contribution in [1.29, 1.82) is 5.26 Å². The summed E-state index contributed by atoms with van der Waals surface area (Å²) < 4.78 is 1.61. The van der Waals surface area contributed by atoms with Crippen molar-refractivity contribution in [1.82, 2.24) is 9.78 Å². The molecule has 0 saturated heterocycles. The van der Waals surface area contributed by atoms with Gasteiger partial charge in [0.25, 0.3) is 0 Å². The number of carbonyl (C=O) groups excluding carboxylic acids is 1. The molecule has 1 heterocycles. The number of anilines is 1. The minimum Gasteiger partial charge on any atom is -0.307 e. The molecule has 0 aliphatic rings. The fourth-order valence-corrected chi connectivity index (χ4v) is 2.12. The minimum atomic E-state index is -0.266. The van der Waals surface area contributed by atoms with Crippen LogP contribution in [0, 0.1) is 18.3 Å². The molecule has 22 heavy (non-hydrogen) atoms. The maximum Gasteiger partial charge on any atom is 0.249 e. The quantitative estimate of drug-likeness (QED) is 0.860. The molecule has 1 aromatic carbocycles. The summed E-state index contributed by atoms with van der Waals surface area (Å²) in [5.74, 6) is 0.312. The first-order chi connectivity index (χ1) is 10.6. The number of amides is 1. The Balaban J connectivity index is 2.04. The number of nitrogens with zero attached hydrogens (tertiary/aromatic N) is 3. The van der Waals surface area contributed by atoms with Crippen molar-refractivity contribution in [3.63, 3.8) is 0 Å². The van der Waals surface area contributed by atoms with E-state index in [2.05, 4.69) is 16.5 Å². The highest BCUT2D eigenvalue weighted by Gasteiger charge is 2.07. The fraction of sp³-hybridized carbons (Fsp3) is 0.188. The van der Waals surface area contributed by atoms with Gasteiger partial charge in [0.1, 0.15) is 5.82 Å². The summed E-state index contributed by atoms with van der Waals surface area (Å²) in [6.45, 7) is 2.28. The first kappa shape index (κ1) is 15.8. The molecule has 1 amide bonds. The van der Waals surface area contributed by atoms with Crippen LogP contribution >= 0.6 is 11.6 Å². The Morgan fingerprint density at radius 2 is 2.32 bits per heavy atom. The number of nitrogens with one attached hydrogen (secondary N) is 1. The predicted octanol–water partition coefficient (Wildman–Crippen LogP) is 3.41. The maximum atomic E-state index is 12.0. The molecular weight excluding hydrogens is 300 g/mol. The standard InChI is InChI=1S/C16H15ClN4O/c1-12-10-15(21(20-12)9-3-8-18)19-16(22)7-6-13-4-2-5-14(17)11-13/h2,4-7,10-11H,3,9H2,1H3,(H,19,22)/b7-6+. The van der Waals surface area contributed by atoms with Crippen molar-refractivity contribution in [2.75, 3.05) is 5.32 Å². The molecule has 2 aromatic rings. The summed E-state index contributed by atoms with van der Waals surface area (Å²) >= 11 is 5.89. The zero-order valence-corrected chi connectivity index (χ0v) is 12.8. The molecule has 0 aliphatic heterocycles.